The number of hydrogen-bond acceptors (Lipinski definition) is 2. The highest BCUT2D eigenvalue weighted by Gasteiger charge is 2.00. The summed E-state index contributed by atoms with van der Waals surface area (Å²) in [5.74, 6) is -0.210. The van der Waals surface area contributed by atoms with Crippen molar-refractivity contribution >= 4 is 21.6 Å². The number of nitrogens with zero attached hydrogens (tertiary/aromatic N) is 1. The van der Waals surface area contributed by atoms with Gasteiger partial charge in [0.15, 0.2) is 0 Å². The maximum absolute atomic E-state index is 13.0. The Balaban J connectivity index is 1.93. The number of hydrogen-bond donors (Lipinski definition) is 1. The van der Waals surface area contributed by atoms with Crippen LogP contribution in [0, 0.1) is 17.1 Å². The topological polar surface area (TPSA) is 35.8 Å². The van der Waals surface area contributed by atoms with Gasteiger partial charge in [0.2, 0.25) is 0 Å². The van der Waals surface area contributed by atoms with Crippen molar-refractivity contribution < 1.29 is 4.39 Å². The maximum Gasteiger partial charge on any atom is 0.123 e. The van der Waals surface area contributed by atoms with Crippen LogP contribution in [0.15, 0.2) is 46.9 Å². The minimum atomic E-state index is -0.210. The van der Waals surface area contributed by atoms with Crippen molar-refractivity contribution in [3.8, 4) is 6.07 Å². The number of halogens is 2. The average molecular weight is 319 g/mol. The Morgan fingerprint density at radius 1 is 1.21 bits per heavy atom. The maximum atomic E-state index is 13.0. The summed E-state index contributed by atoms with van der Waals surface area (Å²) < 4.78 is 13.8. The molecule has 0 saturated carbocycles. The van der Waals surface area contributed by atoms with Crippen LogP contribution >= 0.6 is 15.9 Å². The van der Waals surface area contributed by atoms with E-state index in [4.69, 9.17) is 5.26 Å². The Morgan fingerprint density at radius 2 is 2.05 bits per heavy atom. The lowest BCUT2D eigenvalue weighted by molar-refractivity contribution is 0.625. The van der Waals surface area contributed by atoms with Gasteiger partial charge in [-0.15, -0.1) is 0 Å². The molecular weight excluding hydrogens is 307 g/mol. The monoisotopic (exact) mass is 318 g/mol. The van der Waals surface area contributed by atoms with Crippen molar-refractivity contribution in [2.45, 2.75) is 6.42 Å². The molecule has 96 valence electrons. The predicted octanol–water partition coefficient (Wildman–Crippen LogP) is 4.11. The smallest absolute Gasteiger partial charge is 0.123 e. The molecule has 0 radical (unpaired) electrons. The zero-order valence-corrected chi connectivity index (χ0v) is 11.7. The second-order valence-corrected chi connectivity index (χ2v) is 4.97. The van der Waals surface area contributed by atoms with Crippen LogP contribution in [-0.2, 0) is 6.42 Å². The van der Waals surface area contributed by atoms with Gasteiger partial charge >= 0.3 is 0 Å². The summed E-state index contributed by atoms with van der Waals surface area (Å²) in [5.41, 5.74) is 2.50. The molecule has 0 aliphatic carbocycles. The van der Waals surface area contributed by atoms with Gasteiger partial charge < -0.3 is 5.32 Å². The quantitative estimate of drug-likeness (QED) is 0.920. The van der Waals surface area contributed by atoms with E-state index in [2.05, 4.69) is 27.3 Å². The Hall–Kier alpha value is -1.86. The molecule has 0 saturated heterocycles. The van der Waals surface area contributed by atoms with E-state index in [9.17, 15) is 4.39 Å². The first-order valence-corrected chi connectivity index (χ1v) is 6.66. The predicted molar refractivity (Wildman–Crippen MR) is 77.5 cm³/mol. The molecule has 2 aromatic rings. The van der Waals surface area contributed by atoms with Gasteiger partial charge in [0, 0.05) is 16.7 Å². The molecule has 2 nitrogen and oxygen atoms in total. The first-order chi connectivity index (χ1) is 9.19. The summed E-state index contributed by atoms with van der Waals surface area (Å²) in [7, 11) is 0. The van der Waals surface area contributed by atoms with Crippen molar-refractivity contribution in [3.05, 3.63) is 63.9 Å². The van der Waals surface area contributed by atoms with Crippen LogP contribution in [0.25, 0.3) is 0 Å². The van der Waals surface area contributed by atoms with E-state index in [0.717, 1.165) is 22.1 Å². The van der Waals surface area contributed by atoms with Crippen molar-refractivity contribution in [1.29, 1.82) is 5.26 Å². The molecule has 0 amide bonds. The molecule has 4 heteroatoms. The summed E-state index contributed by atoms with van der Waals surface area (Å²) >= 11 is 3.34. The molecule has 0 spiro atoms. The molecule has 1 N–H and O–H groups in total. The largest absolute Gasteiger partial charge is 0.385 e. The van der Waals surface area contributed by atoms with Gasteiger partial charge in [0.1, 0.15) is 11.9 Å². The first-order valence-electron chi connectivity index (χ1n) is 5.87. The summed E-state index contributed by atoms with van der Waals surface area (Å²) in [6.07, 6.45) is 0.745. The van der Waals surface area contributed by atoms with Gasteiger partial charge in [-0.3, -0.25) is 0 Å². The van der Waals surface area contributed by atoms with Crippen molar-refractivity contribution in [3.63, 3.8) is 0 Å². The fraction of sp³-hybridized carbons (Fsp3) is 0.133. The third-order valence-corrected chi connectivity index (χ3v) is 3.38. The van der Waals surface area contributed by atoms with Crippen LogP contribution < -0.4 is 5.32 Å². The highest BCUT2D eigenvalue weighted by atomic mass is 79.9. The molecular formula is C15H12BrFN2. The van der Waals surface area contributed by atoms with Crippen molar-refractivity contribution in [2.75, 3.05) is 11.9 Å². The van der Waals surface area contributed by atoms with Crippen LogP contribution in [0.5, 0.6) is 0 Å². The van der Waals surface area contributed by atoms with Crippen molar-refractivity contribution in [2.24, 2.45) is 0 Å². The highest BCUT2D eigenvalue weighted by Crippen LogP contribution is 2.20. The second kappa shape index (κ2) is 6.35. The Bertz CT molecular complexity index is 620. The van der Waals surface area contributed by atoms with E-state index in [1.807, 2.05) is 18.2 Å². The van der Waals surface area contributed by atoms with Gasteiger partial charge in [-0.2, -0.15) is 5.26 Å². The molecule has 2 aromatic carbocycles. The van der Waals surface area contributed by atoms with Gasteiger partial charge in [-0.25, -0.2) is 4.39 Å². The number of nitriles is 1. The van der Waals surface area contributed by atoms with E-state index in [0.29, 0.717) is 12.1 Å². The van der Waals surface area contributed by atoms with E-state index in [1.165, 1.54) is 12.1 Å². The summed E-state index contributed by atoms with van der Waals surface area (Å²) in [5, 5.41) is 12.1. The minimum Gasteiger partial charge on any atom is -0.385 e. The Kier molecular flexibility index (Phi) is 4.53. The second-order valence-electron chi connectivity index (χ2n) is 4.11. The summed E-state index contributed by atoms with van der Waals surface area (Å²) in [6, 6.07) is 14.2. The standard InChI is InChI=1S/C15H12BrFN2/c16-15-9-14(5-4-12(15)10-18)19-7-6-11-2-1-3-13(17)8-11/h1-5,8-9,19H,6-7H2. The van der Waals surface area contributed by atoms with Gasteiger partial charge in [-0.05, 0) is 58.2 Å². The molecule has 0 unspecified atom stereocenters. The lowest BCUT2D eigenvalue weighted by atomic mass is 10.1. The van der Waals surface area contributed by atoms with E-state index in [1.54, 1.807) is 12.1 Å². The third-order valence-electron chi connectivity index (χ3n) is 2.72. The van der Waals surface area contributed by atoms with E-state index in [-0.39, 0.29) is 5.82 Å². The summed E-state index contributed by atoms with van der Waals surface area (Å²) in [6.45, 7) is 0.710. The van der Waals surface area contributed by atoms with Crippen LogP contribution in [0.4, 0.5) is 10.1 Å². The zero-order chi connectivity index (χ0) is 13.7. The molecule has 19 heavy (non-hydrogen) atoms. The Morgan fingerprint density at radius 3 is 2.74 bits per heavy atom. The SMILES string of the molecule is N#Cc1ccc(NCCc2cccc(F)c2)cc1Br. The molecule has 0 fully saturated rings. The van der Waals surface area contributed by atoms with Crippen molar-refractivity contribution in [1.82, 2.24) is 0 Å². The average Bonchev–Trinajstić information content (AvgIpc) is 2.39. The lowest BCUT2D eigenvalue weighted by Crippen LogP contribution is -2.05. The number of benzene rings is 2. The number of anilines is 1. The number of rotatable bonds is 4. The molecule has 0 bridgehead atoms. The number of nitrogens with one attached hydrogen (secondary N) is 1. The van der Waals surface area contributed by atoms with Crippen LogP contribution in [-0.4, -0.2) is 6.54 Å². The van der Waals surface area contributed by atoms with Gasteiger partial charge in [0.05, 0.1) is 5.56 Å². The molecule has 0 aliphatic rings. The highest BCUT2D eigenvalue weighted by molar-refractivity contribution is 9.10. The van der Waals surface area contributed by atoms with Gasteiger partial charge in [-0.1, -0.05) is 12.1 Å². The molecule has 2 rings (SSSR count). The first kappa shape index (κ1) is 13.6. The van der Waals surface area contributed by atoms with Crippen LogP contribution in [0.1, 0.15) is 11.1 Å². The fourth-order valence-electron chi connectivity index (χ4n) is 1.76. The van der Waals surface area contributed by atoms with Crippen LogP contribution in [0.2, 0.25) is 0 Å². The molecule has 0 aliphatic heterocycles. The van der Waals surface area contributed by atoms with E-state index >= 15 is 0 Å². The third kappa shape index (κ3) is 3.80. The molecule has 0 atom stereocenters. The van der Waals surface area contributed by atoms with Gasteiger partial charge in [0.25, 0.3) is 0 Å². The zero-order valence-electron chi connectivity index (χ0n) is 10.2. The lowest BCUT2D eigenvalue weighted by Gasteiger charge is -2.07. The summed E-state index contributed by atoms with van der Waals surface area (Å²) in [4.78, 5) is 0. The minimum absolute atomic E-state index is 0.210. The molecule has 0 heterocycles. The fourth-order valence-corrected chi connectivity index (χ4v) is 2.23. The molecule has 0 aromatic heterocycles. The van der Waals surface area contributed by atoms with Crippen LogP contribution in [0.3, 0.4) is 0 Å². The Labute approximate surface area is 120 Å². The normalized spacial score (nSPS) is 9.95. The van der Waals surface area contributed by atoms with E-state index < -0.39 is 0 Å².